The Morgan fingerprint density at radius 1 is 1.20 bits per heavy atom. The number of nitrogens with one attached hydrogen (secondary N) is 1. The van der Waals surface area contributed by atoms with Gasteiger partial charge in [-0.05, 0) is 43.0 Å². The number of amides is 3. The van der Waals surface area contributed by atoms with Gasteiger partial charge in [-0.25, -0.2) is 14.0 Å². The van der Waals surface area contributed by atoms with Crippen LogP contribution in [-0.4, -0.2) is 78.5 Å². The number of rotatable bonds is 6. The molecule has 0 unspecified atom stereocenters. The van der Waals surface area contributed by atoms with Crippen molar-refractivity contribution in [2.45, 2.75) is 25.9 Å². The number of thiophene rings is 1. The number of urea groups is 1. The topological polar surface area (TPSA) is 82.2 Å². The maximum Gasteiger partial charge on any atom is 0.338 e. The molecule has 2 aliphatic heterocycles. The molecule has 0 bridgehead atoms. The van der Waals surface area contributed by atoms with E-state index < -0.39 is 17.8 Å². The van der Waals surface area contributed by atoms with Gasteiger partial charge >= 0.3 is 12.0 Å². The Hall–Kier alpha value is -3.24. The zero-order valence-corrected chi connectivity index (χ0v) is 20.8. The summed E-state index contributed by atoms with van der Waals surface area (Å²) in [6.07, 6.45) is 0. The molecule has 10 heteroatoms. The number of carbonyl (C=O) groups excluding carboxylic acids is 3. The van der Waals surface area contributed by atoms with Crippen molar-refractivity contribution < 1.29 is 23.5 Å². The highest BCUT2D eigenvalue weighted by Crippen LogP contribution is 2.32. The van der Waals surface area contributed by atoms with E-state index in [-0.39, 0.29) is 24.6 Å². The average Bonchev–Trinajstić information content (AvgIpc) is 3.37. The Kier molecular flexibility index (Phi) is 7.51. The molecule has 2 aliphatic rings. The fraction of sp³-hybridized carbons (Fsp3) is 0.400. The van der Waals surface area contributed by atoms with Gasteiger partial charge in [0.2, 0.25) is 0 Å². The van der Waals surface area contributed by atoms with E-state index in [0.717, 1.165) is 0 Å². The molecule has 3 amide bonds. The third kappa shape index (κ3) is 5.23. The molecule has 0 radical (unpaired) electrons. The Balaban J connectivity index is 1.61. The number of halogens is 1. The molecule has 0 saturated carbocycles. The molecule has 2 atom stereocenters. The summed E-state index contributed by atoms with van der Waals surface area (Å²) in [6, 6.07) is 8.24. The van der Waals surface area contributed by atoms with Gasteiger partial charge in [0.15, 0.2) is 0 Å². The van der Waals surface area contributed by atoms with E-state index in [4.69, 9.17) is 4.74 Å². The van der Waals surface area contributed by atoms with Crippen LogP contribution in [0.3, 0.4) is 0 Å². The van der Waals surface area contributed by atoms with E-state index in [1.54, 1.807) is 26.1 Å². The molecule has 1 aromatic heterocycles. The predicted molar refractivity (Wildman–Crippen MR) is 130 cm³/mol. The normalized spacial score (nSPS) is 21.2. The lowest BCUT2D eigenvalue weighted by atomic mass is 9.94. The Bertz CT molecular complexity index is 1120. The Labute approximate surface area is 207 Å². The van der Waals surface area contributed by atoms with Crippen molar-refractivity contribution in [2.75, 3.05) is 39.8 Å². The summed E-state index contributed by atoms with van der Waals surface area (Å²) in [6.45, 7) is 5.96. The van der Waals surface area contributed by atoms with Gasteiger partial charge in [0.1, 0.15) is 5.82 Å². The van der Waals surface area contributed by atoms with E-state index in [2.05, 4.69) is 10.2 Å². The van der Waals surface area contributed by atoms with Gasteiger partial charge in [-0.1, -0.05) is 18.2 Å². The third-order valence-corrected chi connectivity index (χ3v) is 7.21. The number of ether oxygens (including phenoxy) is 1. The molecule has 4 rings (SSSR count). The highest BCUT2D eigenvalue weighted by atomic mass is 32.1. The third-order valence-electron chi connectivity index (χ3n) is 6.35. The summed E-state index contributed by atoms with van der Waals surface area (Å²) in [5, 5.41) is 4.73. The Morgan fingerprint density at radius 2 is 1.94 bits per heavy atom. The molecule has 1 N–H and O–H groups in total. The van der Waals surface area contributed by atoms with Crippen molar-refractivity contribution in [3.63, 3.8) is 0 Å². The minimum Gasteiger partial charge on any atom is -0.463 e. The zero-order chi connectivity index (χ0) is 25.1. The monoisotopic (exact) mass is 500 g/mol. The van der Waals surface area contributed by atoms with Gasteiger partial charge in [-0.15, -0.1) is 11.3 Å². The lowest BCUT2D eigenvalue weighted by Gasteiger charge is -2.42. The SMILES string of the molecule is CCOC(=O)C1=C(CN2CCN(C(=O)c3cccs3)[C@H](C)C2)N(C)C(=O)N[C@H]1c1ccc(F)cc1. The van der Waals surface area contributed by atoms with Crippen LogP contribution in [0, 0.1) is 5.82 Å². The molecule has 1 aromatic carbocycles. The quantitative estimate of drug-likeness (QED) is 0.616. The van der Waals surface area contributed by atoms with E-state index in [0.29, 0.717) is 47.9 Å². The molecule has 35 heavy (non-hydrogen) atoms. The minimum absolute atomic E-state index is 0.0177. The zero-order valence-electron chi connectivity index (χ0n) is 20.0. The average molecular weight is 501 g/mol. The standard InChI is InChI=1S/C25H29FN4O4S/c1-4-34-24(32)21-19(28(3)25(33)27-22(21)17-7-9-18(26)10-8-17)15-29-11-12-30(16(2)14-29)23(31)20-6-5-13-35-20/h5-10,13,16,22H,4,11-12,14-15H2,1-3H3,(H,27,33)/t16-,22+/m1/s1. The molecule has 2 aromatic rings. The summed E-state index contributed by atoms with van der Waals surface area (Å²) in [7, 11) is 1.62. The fourth-order valence-electron chi connectivity index (χ4n) is 4.54. The van der Waals surface area contributed by atoms with E-state index in [1.165, 1.54) is 28.4 Å². The van der Waals surface area contributed by atoms with Gasteiger partial charge in [0.05, 0.1) is 23.1 Å². The molecule has 0 aliphatic carbocycles. The summed E-state index contributed by atoms with van der Waals surface area (Å²) < 4.78 is 18.9. The molecular formula is C25H29FN4O4S. The highest BCUT2D eigenvalue weighted by molar-refractivity contribution is 7.12. The van der Waals surface area contributed by atoms with Crippen LogP contribution in [0.4, 0.5) is 9.18 Å². The first-order valence-corrected chi connectivity index (χ1v) is 12.4. The van der Waals surface area contributed by atoms with Crippen molar-refractivity contribution in [1.29, 1.82) is 0 Å². The van der Waals surface area contributed by atoms with E-state index >= 15 is 0 Å². The lowest BCUT2D eigenvalue weighted by Crippen LogP contribution is -2.56. The van der Waals surface area contributed by atoms with Crippen molar-refractivity contribution in [3.8, 4) is 0 Å². The second kappa shape index (κ2) is 10.6. The first-order valence-electron chi connectivity index (χ1n) is 11.6. The number of hydrogen-bond donors (Lipinski definition) is 1. The summed E-state index contributed by atoms with van der Waals surface area (Å²) in [5.41, 5.74) is 1.45. The van der Waals surface area contributed by atoms with Crippen LogP contribution < -0.4 is 5.32 Å². The van der Waals surface area contributed by atoms with Crippen molar-refractivity contribution in [3.05, 3.63) is 69.3 Å². The number of piperazine rings is 1. The molecule has 8 nitrogen and oxygen atoms in total. The van der Waals surface area contributed by atoms with E-state index in [1.807, 2.05) is 29.3 Å². The van der Waals surface area contributed by atoms with Crippen molar-refractivity contribution in [1.82, 2.24) is 20.0 Å². The number of carbonyl (C=O) groups is 3. The highest BCUT2D eigenvalue weighted by Gasteiger charge is 2.38. The first-order chi connectivity index (χ1) is 16.8. The summed E-state index contributed by atoms with van der Waals surface area (Å²) in [4.78, 5) is 44.9. The summed E-state index contributed by atoms with van der Waals surface area (Å²) >= 11 is 1.43. The van der Waals surface area contributed by atoms with Gasteiger partial charge < -0.3 is 15.0 Å². The second-order valence-electron chi connectivity index (χ2n) is 8.63. The van der Waals surface area contributed by atoms with Gasteiger partial charge in [0, 0.05) is 45.0 Å². The van der Waals surface area contributed by atoms with Gasteiger partial charge in [-0.2, -0.15) is 0 Å². The number of esters is 1. The number of hydrogen-bond acceptors (Lipinski definition) is 6. The smallest absolute Gasteiger partial charge is 0.338 e. The molecule has 1 fully saturated rings. The summed E-state index contributed by atoms with van der Waals surface area (Å²) in [5.74, 6) is -0.911. The van der Waals surface area contributed by atoms with Crippen LogP contribution in [0.15, 0.2) is 53.0 Å². The maximum absolute atomic E-state index is 13.5. The number of likely N-dealkylation sites (N-methyl/N-ethyl adjacent to an activating group) is 1. The van der Waals surface area contributed by atoms with Gasteiger partial charge in [-0.3, -0.25) is 14.6 Å². The van der Waals surface area contributed by atoms with Gasteiger partial charge in [0.25, 0.3) is 5.91 Å². The van der Waals surface area contributed by atoms with Crippen molar-refractivity contribution >= 4 is 29.2 Å². The molecule has 3 heterocycles. The molecule has 0 spiro atoms. The second-order valence-corrected chi connectivity index (χ2v) is 9.58. The predicted octanol–water partition coefficient (Wildman–Crippen LogP) is 3.25. The van der Waals surface area contributed by atoms with Crippen LogP contribution in [0.25, 0.3) is 0 Å². The maximum atomic E-state index is 13.5. The van der Waals surface area contributed by atoms with Crippen molar-refractivity contribution in [2.24, 2.45) is 0 Å². The number of nitrogens with zero attached hydrogens (tertiary/aromatic N) is 3. The fourth-order valence-corrected chi connectivity index (χ4v) is 5.21. The largest absolute Gasteiger partial charge is 0.463 e. The molecular weight excluding hydrogens is 471 g/mol. The van der Waals surface area contributed by atoms with Crippen LogP contribution in [0.5, 0.6) is 0 Å². The van der Waals surface area contributed by atoms with Crippen LogP contribution in [0.2, 0.25) is 0 Å². The first kappa shape index (κ1) is 24.9. The minimum atomic E-state index is -0.757. The van der Waals surface area contributed by atoms with E-state index in [9.17, 15) is 18.8 Å². The van der Waals surface area contributed by atoms with Crippen LogP contribution >= 0.6 is 11.3 Å². The van der Waals surface area contributed by atoms with Crippen LogP contribution in [0.1, 0.15) is 35.1 Å². The van der Waals surface area contributed by atoms with Crippen LogP contribution in [-0.2, 0) is 9.53 Å². The molecule has 186 valence electrons. The number of benzene rings is 1. The Morgan fingerprint density at radius 3 is 2.57 bits per heavy atom. The lowest BCUT2D eigenvalue weighted by molar-refractivity contribution is -0.139. The molecule has 1 saturated heterocycles.